The maximum absolute atomic E-state index is 13.1. The van der Waals surface area contributed by atoms with Crippen molar-refractivity contribution in [2.75, 3.05) is 38.1 Å². The maximum Gasteiger partial charge on any atom is 0.321 e. The summed E-state index contributed by atoms with van der Waals surface area (Å²) in [6.45, 7) is 6.21. The Bertz CT molecular complexity index is 954. The first kappa shape index (κ1) is 26.3. The summed E-state index contributed by atoms with van der Waals surface area (Å²) in [7, 11) is 0. The standard InChI is InChI=1S/C28H37N3O4/c1-3-22-10-12-25(13-11-22)29-28(34)31(18-14-23-8-6-5-7-9-23)21-17-26(32)30-19-15-24(16-20-30)27(33)35-4-2/h5-13,24H,3-4,14-21H2,1-2H3,(H,29,34). The number of esters is 1. The number of likely N-dealkylation sites (tertiary alicyclic amines) is 1. The zero-order chi connectivity index (χ0) is 25.0. The molecule has 7 nitrogen and oxygen atoms in total. The van der Waals surface area contributed by atoms with E-state index in [0.717, 1.165) is 17.7 Å². The van der Waals surface area contributed by atoms with Crippen LogP contribution in [-0.2, 0) is 27.2 Å². The number of carbonyl (C=O) groups excluding carboxylic acids is 3. The average Bonchev–Trinajstić information content (AvgIpc) is 2.89. The third-order valence-electron chi connectivity index (χ3n) is 6.48. The second-order valence-electron chi connectivity index (χ2n) is 8.86. The summed E-state index contributed by atoms with van der Waals surface area (Å²) >= 11 is 0. The van der Waals surface area contributed by atoms with Gasteiger partial charge in [0.05, 0.1) is 12.5 Å². The molecule has 3 rings (SSSR count). The molecule has 1 N–H and O–H groups in total. The van der Waals surface area contributed by atoms with Crippen molar-refractivity contribution in [2.45, 2.75) is 46.0 Å². The first-order valence-electron chi connectivity index (χ1n) is 12.6. The highest BCUT2D eigenvalue weighted by Gasteiger charge is 2.28. The summed E-state index contributed by atoms with van der Waals surface area (Å²) in [5.41, 5.74) is 3.09. The number of nitrogens with one attached hydrogen (secondary N) is 1. The zero-order valence-electron chi connectivity index (χ0n) is 20.9. The summed E-state index contributed by atoms with van der Waals surface area (Å²) in [4.78, 5) is 41.4. The molecule has 0 bridgehead atoms. The molecule has 0 radical (unpaired) electrons. The van der Waals surface area contributed by atoms with E-state index in [9.17, 15) is 14.4 Å². The second-order valence-corrected chi connectivity index (χ2v) is 8.86. The van der Waals surface area contributed by atoms with Crippen molar-refractivity contribution in [2.24, 2.45) is 5.92 Å². The van der Waals surface area contributed by atoms with Crippen molar-refractivity contribution >= 4 is 23.6 Å². The van der Waals surface area contributed by atoms with E-state index < -0.39 is 0 Å². The van der Waals surface area contributed by atoms with Crippen LogP contribution in [0.1, 0.15) is 44.2 Å². The minimum Gasteiger partial charge on any atom is -0.466 e. The molecule has 0 saturated carbocycles. The maximum atomic E-state index is 13.1. The van der Waals surface area contributed by atoms with Crippen LogP contribution in [0.25, 0.3) is 0 Å². The first-order chi connectivity index (χ1) is 17.0. The van der Waals surface area contributed by atoms with Gasteiger partial charge in [-0.05, 0) is 55.9 Å². The Morgan fingerprint density at radius 2 is 1.63 bits per heavy atom. The van der Waals surface area contributed by atoms with Crippen molar-refractivity contribution in [3.8, 4) is 0 Å². The first-order valence-corrected chi connectivity index (χ1v) is 12.6. The number of urea groups is 1. The summed E-state index contributed by atoms with van der Waals surface area (Å²) in [5, 5.41) is 2.97. The normalized spacial score (nSPS) is 13.8. The number of rotatable bonds is 10. The lowest BCUT2D eigenvalue weighted by Gasteiger charge is -2.31. The molecule has 0 aromatic heterocycles. The monoisotopic (exact) mass is 479 g/mol. The van der Waals surface area contributed by atoms with Gasteiger partial charge in [0.1, 0.15) is 0 Å². The number of nitrogens with zero attached hydrogens (tertiary/aromatic N) is 2. The van der Waals surface area contributed by atoms with E-state index >= 15 is 0 Å². The minimum atomic E-state index is -0.209. The Hall–Kier alpha value is -3.35. The molecule has 1 heterocycles. The summed E-state index contributed by atoms with van der Waals surface area (Å²) in [5.74, 6) is -0.293. The SMILES string of the molecule is CCOC(=O)C1CCN(C(=O)CCN(CCc2ccccc2)C(=O)Nc2ccc(CC)cc2)CC1. The minimum absolute atomic E-state index is 0.0112. The number of ether oxygens (including phenoxy) is 1. The highest BCUT2D eigenvalue weighted by molar-refractivity contribution is 5.89. The molecule has 0 unspecified atom stereocenters. The number of carbonyl (C=O) groups is 3. The fraction of sp³-hybridized carbons (Fsp3) is 0.464. The van der Waals surface area contributed by atoms with Gasteiger partial charge in [-0.2, -0.15) is 0 Å². The van der Waals surface area contributed by atoms with Gasteiger partial charge in [0.25, 0.3) is 0 Å². The van der Waals surface area contributed by atoms with Crippen LogP contribution >= 0.6 is 0 Å². The van der Waals surface area contributed by atoms with Crippen molar-refractivity contribution < 1.29 is 19.1 Å². The largest absolute Gasteiger partial charge is 0.466 e. The van der Waals surface area contributed by atoms with Crippen molar-refractivity contribution in [1.29, 1.82) is 0 Å². The number of benzene rings is 2. The Kier molecular flexibility index (Phi) is 10.1. The van der Waals surface area contributed by atoms with Gasteiger partial charge in [-0.15, -0.1) is 0 Å². The van der Waals surface area contributed by atoms with Crippen LogP contribution in [0.15, 0.2) is 54.6 Å². The van der Waals surface area contributed by atoms with E-state index in [1.807, 2.05) is 54.6 Å². The molecule has 0 aliphatic carbocycles. The van der Waals surface area contributed by atoms with Gasteiger partial charge in [0.15, 0.2) is 0 Å². The molecule has 7 heteroatoms. The summed E-state index contributed by atoms with van der Waals surface area (Å²) < 4.78 is 5.11. The van der Waals surface area contributed by atoms with Crippen LogP contribution in [0.3, 0.4) is 0 Å². The third kappa shape index (κ3) is 8.12. The van der Waals surface area contributed by atoms with Gasteiger partial charge < -0.3 is 19.9 Å². The number of aryl methyl sites for hydroxylation is 1. The molecule has 35 heavy (non-hydrogen) atoms. The predicted octanol–water partition coefficient (Wildman–Crippen LogP) is 4.52. The molecule has 1 aliphatic heterocycles. The van der Waals surface area contributed by atoms with Crippen LogP contribution < -0.4 is 5.32 Å². The predicted molar refractivity (Wildman–Crippen MR) is 137 cm³/mol. The molecule has 1 fully saturated rings. The Balaban J connectivity index is 1.56. The molecule has 1 saturated heterocycles. The van der Waals surface area contributed by atoms with E-state index in [0.29, 0.717) is 52.0 Å². The lowest BCUT2D eigenvalue weighted by Crippen LogP contribution is -2.43. The Morgan fingerprint density at radius 3 is 2.26 bits per heavy atom. The lowest BCUT2D eigenvalue weighted by atomic mass is 9.97. The number of hydrogen-bond acceptors (Lipinski definition) is 4. The summed E-state index contributed by atoms with van der Waals surface area (Å²) in [6, 6.07) is 17.6. The van der Waals surface area contributed by atoms with Gasteiger partial charge in [0, 0.05) is 38.3 Å². The second kappa shape index (κ2) is 13.5. The molecule has 0 spiro atoms. The van der Waals surface area contributed by atoms with Crippen molar-refractivity contribution in [3.05, 3.63) is 65.7 Å². The van der Waals surface area contributed by atoms with Crippen LogP contribution in [0.4, 0.5) is 10.5 Å². The lowest BCUT2D eigenvalue weighted by molar-refractivity contribution is -0.151. The molecule has 2 aromatic carbocycles. The number of amides is 3. The van der Waals surface area contributed by atoms with Gasteiger partial charge in [-0.1, -0.05) is 49.4 Å². The highest BCUT2D eigenvalue weighted by Crippen LogP contribution is 2.19. The van der Waals surface area contributed by atoms with Gasteiger partial charge in [0.2, 0.25) is 5.91 Å². The quantitative estimate of drug-likeness (QED) is 0.508. The molecular formula is C28H37N3O4. The number of hydrogen-bond donors (Lipinski definition) is 1. The molecule has 188 valence electrons. The topological polar surface area (TPSA) is 79.0 Å². The van der Waals surface area contributed by atoms with Crippen LogP contribution in [0.2, 0.25) is 0 Å². The van der Waals surface area contributed by atoms with Gasteiger partial charge in [-0.3, -0.25) is 9.59 Å². The number of anilines is 1. The highest BCUT2D eigenvalue weighted by atomic mass is 16.5. The van der Waals surface area contributed by atoms with E-state index in [1.54, 1.807) is 16.7 Å². The molecule has 3 amide bonds. The average molecular weight is 480 g/mol. The molecular weight excluding hydrogens is 442 g/mol. The Labute approximate surface area is 208 Å². The van der Waals surface area contributed by atoms with Crippen LogP contribution in [0.5, 0.6) is 0 Å². The third-order valence-corrected chi connectivity index (χ3v) is 6.48. The van der Waals surface area contributed by atoms with Crippen molar-refractivity contribution in [3.63, 3.8) is 0 Å². The fourth-order valence-corrected chi connectivity index (χ4v) is 4.26. The van der Waals surface area contributed by atoms with Gasteiger partial charge >= 0.3 is 12.0 Å². The fourth-order valence-electron chi connectivity index (χ4n) is 4.26. The van der Waals surface area contributed by atoms with E-state index in [1.165, 1.54) is 5.56 Å². The van der Waals surface area contributed by atoms with Crippen LogP contribution in [0, 0.1) is 5.92 Å². The zero-order valence-corrected chi connectivity index (χ0v) is 20.9. The van der Waals surface area contributed by atoms with Crippen LogP contribution in [-0.4, -0.2) is 60.5 Å². The summed E-state index contributed by atoms with van der Waals surface area (Å²) in [6.07, 6.45) is 3.15. The van der Waals surface area contributed by atoms with E-state index in [4.69, 9.17) is 4.74 Å². The van der Waals surface area contributed by atoms with Crippen molar-refractivity contribution in [1.82, 2.24) is 9.80 Å². The van der Waals surface area contributed by atoms with E-state index in [2.05, 4.69) is 12.2 Å². The Morgan fingerprint density at radius 1 is 0.943 bits per heavy atom. The van der Waals surface area contributed by atoms with E-state index in [-0.39, 0.29) is 30.2 Å². The number of piperidine rings is 1. The molecule has 0 atom stereocenters. The molecule has 1 aliphatic rings. The van der Waals surface area contributed by atoms with Gasteiger partial charge in [-0.25, -0.2) is 4.79 Å². The molecule has 2 aromatic rings. The smallest absolute Gasteiger partial charge is 0.321 e.